The van der Waals surface area contributed by atoms with E-state index in [1.165, 1.54) is 16.7 Å². The average molecular weight is 519 g/mol. The van der Waals surface area contributed by atoms with Crippen molar-refractivity contribution in [2.45, 2.75) is 45.3 Å². The van der Waals surface area contributed by atoms with Crippen LogP contribution in [0.2, 0.25) is 0 Å². The number of fused-ring (bicyclic) bond motifs is 1. The van der Waals surface area contributed by atoms with E-state index in [0.717, 1.165) is 0 Å². The minimum atomic E-state index is -0.759. The number of ether oxygens (including phenoxy) is 1. The third kappa shape index (κ3) is 5.43. The molecule has 0 saturated carbocycles. The summed E-state index contributed by atoms with van der Waals surface area (Å²) in [6, 6.07) is 11.7. The van der Waals surface area contributed by atoms with Crippen LogP contribution in [-0.4, -0.2) is 57.9 Å². The lowest BCUT2D eigenvalue weighted by atomic mass is 9.99. The fourth-order valence-electron chi connectivity index (χ4n) is 4.93. The normalized spacial score (nSPS) is 18.7. The molecule has 38 heavy (non-hydrogen) atoms. The lowest BCUT2D eigenvalue weighted by Gasteiger charge is -2.47. The Balaban J connectivity index is 1.68. The molecule has 0 amide bonds. The number of esters is 1. The van der Waals surface area contributed by atoms with Gasteiger partial charge in [0.1, 0.15) is 29.1 Å². The fraction of sp³-hybridized carbons (Fsp3) is 0.393. The van der Waals surface area contributed by atoms with Gasteiger partial charge in [0.15, 0.2) is 0 Å². The predicted octanol–water partition coefficient (Wildman–Crippen LogP) is 3.56. The number of carbonyl (C=O) groups is 1. The molecule has 1 fully saturated rings. The number of nitriles is 1. The van der Waals surface area contributed by atoms with Crippen molar-refractivity contribution < 1.29 is 13.9 Å². The molecule has 0 aliphatic carbocycles. The van der Waals surface area contributed by atoms with Gasteiger partial charge in [-0.2, -0.15) is 5.26 Å². The van der Waals surface area contributed by atoms with Gasteiger partial charge in [-0.05, 0) is 50.6 Å². The lowest BCUT2D eigenvalue weighted by Crippen LogP contribution is -2.58. The molecule has 1 N–H and O–H groups in total. The second-order valence-corrected chi connectivity index (χ2v) is 9.80. The molecule has 1 aliphatic rings. The Bertz CT molecular complexity index is 1460. The first-order valence-electron chi connectivity index (χ1n) is 12.5. The maximum absolute atomic E-state index is 13.7. The van der Waals surface area contributed by atoms with Crippen molar-refractivity contribution in [3.63, 3.8) is 0 Å². The highest BCUT2D eigenvalue weighted by molar-refractivity contribution is 5.89. The Morgan fingerprint density at radius 1 is 1.21 bits per heavy atom. The molecule has 1 saturated heterocycles. The van der Waals surface area contributed by atoms with E-state index in [1.54, 1.807) is 44.3 Å². The minimum absolute atomic E-state index is 0.0992. The highest BCUT2D eigenvalue weighted by Crippen LogP contribution is 2.33. The molecule has 3 atom stereocenters. The molecule has 3 aromatic rings. The topological polar surface area (TPSA) is 115 Å². The van der Waals surface area contributed by atoms with Gasteiger partial charge in [-0.15, -0.1) is 0 Å². The number of nitrogens with one attached hydrogen (secondary N) is 1. The van der Waals surface area contributed by atoms with E-state index < -0.39 is 17.8 Å². The van der Waals surface area contributed by atoms with Crippen molar-refractivity contribution in [3.05, 3.63) is 69.9 Å². The summed E-state index contributed by atoms with van der Waals surface area (Å²) in [6.45, 7) is 6.68. The monoisotopic (exact) mass is 518 g/mol. The molecule has 0 bridgehead atoms. The molecule has 9 nitrogen and oxygen atoms in total. The number of carbonyl (C=O) groups excluding carboxylic acids is 1. The van der Waals surface area contributed by atoms with Crippen LogP contribution in [0.4, 0.5) is 10.1 Å². The van der Waals surface area contributed by atoms with Crippen LogP contribution in [0, 0.1) is 22.6 Å². The van der Waals surface area contributed by atoms with Crippen LogP contribution in [0.3, 0.4) is 0 Å². The maximum Gasteiger partial charge on any atom is 0.328 e. The van der Waals surface area contributed by atoms with E-state index >= 15 is 0 Å². The van der Waals surface area contributed by atoms with Crippen LogP contribution in [0.15, 0.2) is 47.3 Å². The summed E-state index contributed by atoms with van der Waals surface area (Å²) in [4.78, 5) is 34.7. The number of nitrogens with zero attached hydrogens (tertiary/aromatic N) is 5. The summed E-state index contributed by atoms with van der Waals surface area (Å²) in [5, 5.41) is 17.0. The van der Waals surface area contributed by atoms with Crippen molar-refractivity contribution >= 4 is 28.4 Å². The van der Waals surface area contributed by atoms with Crippen LogP contribution in [0.1, 0.15) is 44.5 Å². The fourth-order valence-corrected chi connectivity index (χ4v) is 4.93. The van der Waals surface area contributed by atoms with E-state index in [9.17, 15) is 19.2 Å². The number of benzene rings is 1. The number of piperazine rings is 1. The van der Waals surface area contributed by atoms with Crippen LogP contribution in [0.5, 0.6) is 0 Å². The molecule has 4 rings (SSSR count). The van der Waals surface area contributed by atoms with Gasteiger partial charge < -0.3 is 19.6 Å². The van der Waals surface area contributed by atoms with Crippen LogP contribution in [-0.2, 0) is 16.6 Å². The number of aromatic nitrogens is 2. The van der Waals surface area contributed by atoms with Gasteiger partial charge >= 0.3 is 5.97 Å². The van der Waals surface area contributed by atoms with Crippen molar-refractivity contribution in [2.24, 2.45) is 7.05 Å². The third-order valence-corrected chi connectivity index (χ3v) is 6.99. The van der Waals surface area contributed by atoms with Crippen molar-refractivity contribution in [1.82, 2.24) is 14.5 Å². The average Bonchev–Trinajstić information content (AvgIpc) is 2.89. The number of hydrogen-bond acceptors (Lipinski definition) is 8. The highest BCUT2D eigenvalue weighted by atomic mass is 19.1. The van der Waals surface area contributed by atoms with Gasteiger partial charge in [0.05, 0.1) is 17.8 Å². The molecule has 3 heterocycles. The first-order chi connectivity index (χ1) is 18.1. The zero-order valence-corrected chi connectivity index (χ0v) is 21.9. The molecule has 10 heteroatoms. The van der Waals surface area contributed by atoms with Crippen LogP contribution < -0.4 is 10.5 Å². The molecule has 1 aromatic carbocycles. The molecule has 2 aromatic heterocycles. The Hall–Kier alpha value is -4.10. The number of anilines is 1. The largest absolute Gasteiger partial charge is 0.464 e. The quantitative estimate of drug-likeness (QED) is 0.376. The third-order valence-electron chi connectivity index (χ3n) is 6.99. The summed E-state index contributed by atoms with van der Waals surface area (Å²) in [5.74, 6) is -0.849. The zero-order valence-electron chi connectivity index (χ0n) is 21.9. The number of pyridine rings is 2. The number of hydrogen-bond donors (Lipinski definition) is 1. The molecule has 1 aliphatic heterocycles. The standard InChI is InChI=1S/C28H31FN6O3/c1-17(31)11-12-38-28(37)27(20-5-7-21(29)8-6-20)35-16-18(2)34(15-19(35)3)24-13-25(36)33(4)23-10-9-22(14-30)32-26(23)24/h5-10,13,18-19,27,31H,11-12,15-16H2,1-4H3/t18-,19+,27?/m0/s1. The summed E-state index contributed by atoms with van der Waals surface area (Å²) in [5.41, 5.74) is 2.95. The Labute approximate surface area is 220 Å². The molecular formula is C28H31FN6O3. The van der Waals surface area contributed by atoms with E-state index in [0.29, 0.717) is 47.5 Å². The summed E-state index contributed by atoms with van der Waals surface area (Å²) in [7, 11) is 1.67. The van der Waals surface area contributed by atoms with Gasteiger partial charge in [0, 0.05) is 50.4 Å². The van der Waals surface area contributed by atoms with Gasteiger partial charge in [-0.3, -0.25) is 9.69 Å². The Kier molecular flexibility index (Phi) is 7.88. The van der Waals surface area contributed by atoms with Gasteiger partial charge in [-0.1, -0.05) is 12.1 Å². The van der Waals surface area contributed by atoms with Crippen molar-refractivity contribution in [3.8, 4) is 6.07 Å². The van der Waals surface area contributed by atoms with Crippen molar-refractivity contribution in [1.29, 1.82) is 10.7 Å². The Morgan fingerprint density at radius 2 is 1.92 bits per heavy atom. The van der Waals surface area contributed by atoms with Crippen LogP contribution >= 0.6 is 0 Å². The van der Waals surface area contributed by atoms with Crippen LogP contribution in [0.25, 0.3) is 11.0 Å². The lowest BCUT2D eigenvalue weighted by molar-refractivity contribution is -0.151. The maximum atomic E-state index is 13.7. The minimum Gasteiger partial charge on any atom is -0.464 e. The smallest absolute Gasteiger partial charge is 0.328 e. The van der Waals surface area contributed by atoms with Gasteiger partial charge in [0.2, 0.25) is 0 Å². The van der Waals surface area contributed by atoms with E-state index in [4.69, 9.17) is 10.1 Å². The SMILES string of the molecule is CC(=N)CCOC(=O)C(c1ccc(F)cc1)N1C[C@H](C)N(c2cc(=O)n(C)c3ccc(C#N)nc23)C[C@H]1C. The summed E-state index contributed by atoms with van der Waals surface area (Å²) >= 11 is 0. The summed E-state index contributed by atoms with van der Waals surface area (Å²) < 4.78 is 20.7. The number of aryl methyl sites for hydroxylation is 1. The molecule has 0 spiro atoms. The molecular weight excluding hydrogens is 487 g/mol. The van der Waals surface area contributed by atoms with E-state index in [1.807, 2.05) is 18.7 Å². The van der Waals surface area contributed by atoms with Gasteiger partial charge in [-0.25, -0.2) is 14.2 Å². The zero-order chi connectivity index (χ0) is 27.6. The highest BCUT2D eigenvalue weighted by Gasteiger charge is 2.39. The Morgan fingerprint density at radius 3 is 2.58 bits per heavy atom. The second-order valence-electron chi connectivity index (χ2n) is 9.80. The summed E-state index contributed by atoms with van der Waals surface area (Å²) in [6.07, 6.45) is 0.343. The number of halogens is 1. The van der Waals surface area contributed by atoms with Crippen molar-refractivity contribution in [2.75, 3.05) is 24.6 Å². The molecule has 1 unspecified atom stereocenters. The first kappa shape index (κ1) is 26.9. The second kappa shape index (κ2) is 11.1. The van der Waals surface area contributed by atoms with E-state index in [2.05, 4.69) is 16.0 Å². The molecule has 0 radical (unpaired) electrons. The van der Waals surface area contributed by atoms with Gasteiger partial charge in [0.25, 0.3) is 5.56 Å². The number of rotatable bonds is 7. The predicted molar refractivity (Wildman–Crippen MR) is 143 cm³/mol. The molecule has 198 valence electrons. The van der Waals surface area contributed by atoms with E-state index in [-0.39, 0.29) is 29.9 Å². The first-order valence-corrected chi connectivity index (χ1v) is 12.5.